The molecule has 2 heterocycles. The Morgan fingerprint density at radius 3 is 2.40 bits per heavy atom. The number of ether oxygens (including phenoxy) is 2. The molecular formula is C20H27NO4. The molecule has 1 aromatic rings. The van der Waals surface area contributed by atoms with Crippen molar-refractivity contribution in [3.05, 3.63) is 35.9 Å². The lowest BCUT2D eigenvalue weighted by Gasteiger charge is -2.36. The first kappa shape index (κ1) is 17.9. The maximum Gasteiger partial charge on any atom is 0.317 e. The Balaban J connectivity index is 1.65. The molecule has 2 saturated heterocycles. The van der Waals surface area contributed by atoms with Gasteiger partial charge in [0, 0.05) is 18.5 Å². The van der Waals surface area contributed by atoms with Gasteiger partial charge in [-0.2, -0.15) is 0 Å². The zero-order valence-corrected chi connectivity index (χ0v) is 15.0. The molecule has 0 aliphatic carbocycles. The highest BCUT2D eigenvalue weighted by atomic mass is 16.6. The van der Waals surface area contributed by atoms with Crippen LogP contribution in [0.15, 0.2) is 30.3 Å². The van der Waals surface area contributed by atoms with Crippen molar-refractivity contribution in [3.63, 3.8) is 0 Å². The van der Waals surface area contributed by atoms with Crippen LogP contribution in [0, 0.1) is 0 Å². The lowest BCUT2D eigenvalue weighted by atomic mass is 9.98. The summed E-state index contributed by atoms with van der Waals surface area (Å²) in [6.07, 6.45) is 4.43. The largest absolute Gasteiger partial charge is 0.464 e. The Hall–Kier alpha value is -1.88. The Labute approximate surface area is 149 Å². The standard InChI is InChI=1S/C20H27NO4/c1-3-19(22)24-13-18(14-7-5-4-6-8-14)20(23)25-17-11-15-9-10-16(12-17)21(15)2/h4-8,15-18H,3,9-13H2,1-2H3/t15-,16+,17?,18-/m1/s1. The maximum absolute atomic E-state index is 12.8. The fourth-order valence-electron chi connectivity index (χ4n) is 3.97. The Morgan fingerprint density at radius 1 is 1.16 bits per heavy atom. The molecule has 2 aliphatic rings. The molecule has 2 bridgehead atoms. The summed E-state index contributed by atoms with van der Waals surface area (Å²) in [5.41, 5.74) is 0.826. The van der Waals surface area contributed by atoms with Crippen molar-refractivity contribution in [2.24, 2.45) is 0 Å². The number of hydrogen-bond acceptors (Lipinski definition) is 5. The predicted octanol–water partition coefficient (Wildman–Crippen LogP) is 2.89. The first-order chi connectivity index (χ1) is 12.1. The third kappa shape index (κ3) is 4.21. The third-order valence-corrected chi connectivity index (χ3v) is 5.52. The second-order valence-corrected chi connectivity index (χ2v) is 7.08. The summed E-state index contributed by atoms with van der Waals surface area (Å²) < 4.78 is 11.1. The van der Waals surface area contributed by atoms with Crippen LogP contribution in [0.5, 0.6) is 0 Å². The minimum atomic E-state index is -0.561. The molecular weight excluding hydrogens is 318 g/mol. The molecule has 2 fully saturated rings. The van der Waals surface area contributed by atoms with Gasteiger partial charge in [-0.15, -0.1) is 0 Å². The Morgan fingerprint density at radius 2 is 1.80 bits per heavy atom. The van der Waals surface area contributed by atoms with Gasteiger partial charge < -0.3 is 14.4 Å². The highest BCUT2D eigenvalue weighted by molar-refractivity contribution is 5.79. The van der Waals surface area contributed by atoms with Crippen LogP contribution in [-0.4, -0.2) is 48.7 Å². The van der Waals surface area contributed by atoms with Crippen molar-refractivity contribution in [2.75, 3.05) is 13.7 Å². The molecule has 0 aromatic heterocycles. The zero-order valence-electron chi connectivity index (χ0n) is 15.0. The fourth-order valence-corrected chi connectivity index (χ4v) is 3.97. The topological polar surface area (TPSA) is 55.8 Å². The van der Waals surface area contributed by atoms with Crippen LogP contribution >= 0.6 is 0 Å². The molecule has 5 heteroatoms. The number of fused-ring (bicyclic) bond motifs is 2. The molecule has 5 nitrogen and oxygen atoms in total. The first-order valence-electron chi connectivity index (χ1n) is 9.21. The SMILES string of the molecule is CCC(=O)OC[C@@H](C(=O)OC1C[C@H]2CC[C@@H](C1)N2C)c1ccccc1. The van der Waals surface area contributed by atoms with Crippen LogP contribution in [0.25, 0.3) is 0 Å². The van der Waals surface area contributed by atoms with Crippen LogP contribution in [-0.2, 0) is 19.1 Å². The maximum atomic E-state index is 12.8. The van der Waals surface area contributed by atoms with E-state index in [9.17, 15) is 9.59 Å². The van der Waals surface area contributed by atoms with Crippen molar-refractivity contribution >= 4 is 11.9 Å². The Kier molecular flexibility index (Phi) is 5.74. The summed E-state index contributed by atoms with van der Waals surface area (Å²) in [7, 11) is 2.16. The zero-order chi connectivity index (χ0) is 17.8. The summed E-state index contributed by atoms with van der Waals surface area (Å²) in [4.78, 5) is 26.7. The fraction of sp³-hybridized carbons (Fsp3) is 0.600. The summed E-state index contributed by atoms with van der Waals surface area (Å²) in [6.45, 7) is 1.78. The molecule has 0 saturated carbocycles. The van der Waals surface area contributed by atoms with Gasteiger partial charge >= 0.3 is 11.9 Å². The average molecular weight is 345 g/mol. The van der Waals surface area contributed by atoms with Gasteiger partial charge in [0.1, 0.15) is 18.6 Å². The summed E-state index contributed by atoms with van der Waals surface area (Å²) >= 11 is 0. The van der Waals surface area contributed by atoms with Crippen molar-refractivity contribution < 1.29 is 19.1 Å². The van der Waals surface area contributed by atoms with Gasteiger partial charge in [0.2, 0.25) is 0 Å². The third-order valence-electron chi connectivity index (χ3n) is 5.52. The van der Waals surface area contributed by atoms with E-state index in [4.69, 9.17) is 9.47 Å². The number of benzene rings is 1. The van der Waals surface area contributed by atoms with E-state index in [2.05, 4.69) is 11.9 Å². The van der Waals surface area contributed by atoms with Crippen LogP contribution in [0.4, 0.5) is 0 Å². The molecule has 3 rings (SSSR count). The van der Waals surface area contributed by atoms with Gasteiger partial charge in [-0.25, -0.2) is 0 Å². The van der Waals surface area contributed by atoms with Crippen molar-refractivity contribution in [2.45, 2.75) is 63.1 Å². The molecule has 136 valence electrons. The predicted molar refractivity (Wildman–Crippen MR) is 94.1 cm³/mol. The number of hydrogen-bond donors (Lipinski definition) is 0. The second kappa shape index (κ2) is 8.00. The van der Waals surface area contributed by atoms with Gasteiger partial charge in [0.25, 0.3) is 0 Å². The number of rotatable bonds is 6. The van der Waals surface area contributed by atoms with E-state index in [1.807, 2.05) is 30.3 Å². The molecule has 1 unspecified atom stereocenters. The van der Waals surface area contributed by atoms with Crippen LogP contribution in [0.3, 0.4) is 0 Å². The van der Waals surface area contributed by atoms with Crippen LogP contribution < -0.4 is 0 Å². The first-order valence-corrected chi connectivity index (χ1v) is 9.21. The molecule has 2 aliphatic heterocycles. The molecule has 0 amide bonds. The van der Waals surface area contributed by atoms with E-state index in [1.165, 1.54) is 12.8 Å². The van der Waals surface area contributed by atoms with Gasteiger partial charge in [0.05, 0.1) is 0 Å². The molecule has 4 atom stereocenters. The molecule has 1 aromatic carbocycles. The van der Waals surface area contributed by atoms with E-state index in [-0.39, 0.29) is 24.6 Å². The smallest absolute Gasteiger partial charge is 0.317 e. The lowest BCUT2D eigenvalue weighted by molar-refractivity contribution is -0.157. The monoisotopic (exact) mass is 345 g/mol. The number of piperidine rings is 1. The molecule has 25 heavy (non-hydrogen) atoms. The van der Waals surface area contributed by atoms with Crippen molar-refractivity contribution in [3.8, 4) is 0 Å². The minimum Gasteiger partial charge on any atom is -0.464 e. The van der Waals surface area contributed by atoms with Gasteiger partial charge in [-0.3, -0.25) is 9.59 Å². The minimum absolute atomic E-state index is 0.0331. The summed E-state index contributed by atoms with van der Waals surface area (Å²) in [5.74, 6) is -1.15. The van der Waals surface area contributed by atoms with E-state index < -0.39 is 5.92 Å². The lowest BCUT2D eigenvalue weighted by Crippen LogP contribution is -2.44. The van der Waals surface area contributed by atoms with E-state index in [1.54, 1.807) is 6.92 Å². The number of nitrogens with zero attached hydrogens (tertiary/aromatic N) is 1. The van der Waals surface area contributed by atoms with Gasteiger partial charge in [-0.1, -0.05) is 37.3 Å². The molecule has 0 radical (unpaired) electrons. The van der Waals surface area contributed by atoms with E-state index in [0.29, 0.717) is 18.5 Å². The van der Waals surface area contributed by atoms with Crippen LogP contribution in [0.2, 0.25) is 0 Å². The quantitative estimate of drug-likeness (QED) is 0.742. The molecule has 0 spiro atoms. The average Bonchev–Trinajstić information content (AvgIpc) is 2.84. The highest BCUT2D eigenvalue weighted by Crippen LogP contribution is 2.36. The van der Waals surface area contributed by atoms with Crippen LogP contribution in [0.1, 0.15) is 50.5 Å². The Bertz CT molecular complexity index is 589. The normalized spacial score (nSPS) is 26.9. The van der Waals surface area contributed by atoms with Gasteiger partial charge in [-0.05, 0) is 38.3 Å². The van der Waals surface area contributed by atoms with E-state index >= 15 is 0 Å². The van der Waals surface area contributed by atoms with E-state index in [0.717, 1.165) is 18.4 Å². The van der Waals surface area contributed by atoms with Crippen molar-refractivity contribution in [1.29, 1.82) is 0 Å². The van der Waals surface area contributed by atoms with Crippen molar-refractivity contribution in [1.82, 2.24) is 4.90 Å². The summed E-state index contributed by atoms with van der Waals surface area (Å²) in [6, 6.07) is 10.5. The van der Waals surface area contributed by atoms with Gasteiger partial charge in [0.15, 0.2) is 0 Å². The second-order valence-electron chi connectivity index (χ2n) is 7.08. The number of carbonyl (C=O) groups is 2. The highest BCUT2D eigenvalue weighted by Gasteiger charge is 2.40. The number of carbonyl (C=O) groups excluding carboxylic acids is 2. The molecule has 0 N–H and O–H groups in total. The number of esters is 2. The summed E-state index contributed by atoms with van der Waals surface area (Å²) in [5, 5.41) is 0.